The van der Waals surface area contributed by atoms with E-state index in [1.165, 1.54) is 6.92 Å². The number of piperidine rings is 1. The van der Waals surface area contributed by atoms with E-state index in [-0.39, 0.29) is 29.4 Å². The zero-order chi connectivity index (χ0) is 17.5. The minimum Gasteiger partial charge on any atom is -0.361 e. The predicted molar refractivity (Wildman–Crippen MR) is 84.8 cm³/mol. The van der Waals surface area contributed by atoms with Crippen LogP contribution in [0.25, 0.3) is 0 Å². The van der Waals surface area contributed by atoms with Crippen molar-refractivity contribution in [2.24, 2.45) is 0 Å². The molecule has 3 heterocycles. The quantitative estimate of drug-likeness (QED) is 0.756. The second kappa shape index (κ2) is 6.19. The van der Waals surface area contributed by atoms with Crippen LogP contribution in [0.1, 0.15) is 37.1 Å². The van der Waals surface area contributed by atoms with Crippen molar-refractivity contribution in [1.29, 1.82) is 0 Å². The van der Waals surface area contributed by atoms with Gasteiger partial charge in [-0.15, -0.1) is 0 Å². The van der Waals surface area contributed by atoms with Gasteiger partial charge >= 0.3 is 0 Å². The fourth-order valence-corrected chi connectivity index (χ4v) is 5.07. The van der Waals surface area contributed by atoms with Crippen molar-refractivity contribution >= 4 is 21.7 Å². The van der Waals surface area contributed by atoms with Crippen molar-refractivity contribution in [2.75, 3.05) is 24.7 Å². The molecular weight excluding hydrogens is 334 g/mol. The smallest absolute Gasteiger partial charge is 0.246 e. The van der Waals surface area contributed by atoms with E-state index < -0.39 is 15.9 Å². The maximum Gasteiger partial charge on any atom is 0.246 e. The van der Waals surface area contributed by atoms with E-state index in [4.69, 9.17) is 4.52 Å². The molecule has 0 aromatic carbocycles. The highest BCUT2D eigenvalue weighted by Crippen LogP contribution is 2.29. The van der Waals surface area contributed by atoms with Gasteiger partial charge in [-0.1, -0.05) is 5.16 Å². The minimum atomic E-state index is -3.39. The Morgan fingerprint density at radius 3 is 2.50 bits per heavy atom. The summed E-state index contributed by atoms with van der Waals surface area (Å²) < 4.78 is 28.9. The monoisotopic (exact) mass is 355 g/mol. The van der Waals surface area contributed by atoms with Gasteiger partial charge in [0.2, 0.25) is 11.8 Å². The predicted octanol–water partition coefficient (Wildman–Crippen LogP) is 0.292. The molecule has 0 aliphatic carbocycles. The summed E-state index contributed by atoms with van der Waals surface area (Å²) in [5, 5.41) is 3.89. The molecule has 1 unspecified atom stereocenters. The van der Waals surface area contributed by atoms with Crippen LogP contribution in [0.3, 0.4) is 0 Å². The van der Waals surface area contributed by atoms with Crippen LogP contribution < -0.4 is 0 Å². The van der Waals surface area contributed by atoms with Crippen LogP contribution in [-0.2, 0) is 19.4 Å². The first-order chi connectivity index (χ1) is 11.3. The first-order valence-corrected chi connectivity index (χ1v) is 9.78. The molecule has 0 radical (unpaired) electrons. The van der Waals surface area contributed by atoms with Crippen LogP contribution >= 0.6 is 0 Å². The molecule has 0 N–H and O–H groups in total. The average molecular weight is 355 g/mol. The van der Waals surface area contributed by atoms with Gasteiger partial charge in [-0.3, -0.25) is 9.59 Å². The zero-order valence-electron chi connectivity index (χ0n) is 13.8. The summed E-state index contributed by atoms with van der Waals surface area (Å²) >= 11 is 0. The van der Waals surface area contributed by atoms with Crippen LogP contribution in [0.15, 0.2) is 10.6 Å². The van der Waals surface area contributed by atoms with Gasteiger partial charge < -0.3 is 14.3 Å². The molecule has 1 aromatic rings. The van der Waals surface area contributed by atoms with Crippen molar-refractivity contribution in [3.63, 3.8) is 0 Å². The van der Waals surface area contributed by atoms with Crippen LogP contribution in [0, 0.1) is 6.92 Å². The summed E-state index contributed by atoms with van der Waals surface area (Å²) in [6.07, 6.45) is 1.47. The number of aryl methyl sites for hydroxylation is 1. The van der Waals surface area contributed by atoms with E-state index in [1.54, 1.807) is 4.90 Å². The second-order valence-corrected chi connectivity index (χ2v) is 8.59. The van der Waals surface area contributed by atoms with E-state index in [9.17, 15) is 18.0 Å². The summed E-state index contributed by atoms with van der Waals surface area (Å²) in [6, 6.07) is 1.01. The summed E-state index contributed by atoms with van der Waals surface area (Å²) in [5.74, 6) is -0.279. The van der Waals surface area contributed by atoms with Gasteiger partial charge in [-0.2, -0.15) is 0 Å². The molecule has 1 atom stereocenters. The summed E-state index contributed by atoms with van der Waals surface area (Å²) in [6.45, 7) is 4.19. The molecule has 132 valence electrons. The van der Waals surface area contributed by atoms with Gasteiger partial charge in [-0.25, -0.2) is 8.42 Å². The number of carbonyl (C=O) groups is 2. The SMILES string of the molecule is CC(=O)N1CS(=O)(=O)CC1C(=O)N1CCC(c2cc(C)no2)CC1. The summed E-state index contributed by atoms with van der Waals surface area (Å²) in [5.41, 5.74) is 0.830. The zero-order valence-corrected chi connectivity index (χ0v) is 14.6. The van der Waals surface area contributed by atoms with Crippen molar-refractivity contribution in [3.8, 4) is 0 Å². The van der Waals surface area contributed by atoms with E-state index in [0.717, 1.165) is 29.2 Å². The standard InChI is InChI=1S/C15H21N3O5S/c1-10-7-14(23-16-10)12-3-5-17(6-4-12)15(20)13-8-24(21,22)9-18(13)11(2)19/h7,12-13H,3-6,8-9H2,1-2H3. The van der Waals surface area contributed by atoms with Crippen LogP contribution in [0.2, 0.25) is 0 Å². The molecular formula is C15H21N3O5S. The molecule has 2 fully saturated rings. The van der Waals surface area contributed by atoms with E-state index >= 15 is 0 Å². The molecule has 24 heavy (non-hydrogen) atoms. The molecule has 0 spiro atoms. The number of hydrogen-bond acceptors (Lipinski definition) is 6. The van der Waals surface area contributed by atoms with Crippen molar-refractivity contribution < 1.29 is 22.5 Å². The van der Waals surface area contributed by atoms with Gasteiger partial charge in [0.15, 0.2) is 9.84 Å². The lowest BCUT2D eigenvalue weighted by Crippen LogP contribution is -2.50. The normalized spacial score (nSPS) is 24.3. The summed E-state index contributed by atoms with van der Waals surface area (Å²) in [4.78, 5) is 27.1. The number of amides is 2. The third kappa shape index (κ3) is 3.31. The molecule has 2 amide bonds. The number of carbonyl (C=O) groups excluding carboxylic acids is 2. The topological polar surface area (TPSA) is 101 Å². The molecule has 0 saturated carbocycles. The Bertz CT molecular complexity index is 749. The molecule has 2 aliphatic heterocycles. The Labute approximate surface area is 140 Å². The Morgan fingerprint density at radius 1 is 1.29 bits per heavy atom. The van der Waals surface area contributed by atoms with Crippen LogP contribution in [0.4, 0.5) is 0 Å². The van der Waals surface area contributed by atoms with Gasteiger partial charge in [0, 0.05) is 32.0 Å². The maximum atomic E-state index is 12.7. The largest absolute Gasteiger partial charge is 0.361 e. The Balaban J connectivity index is 1.65. The van der Waals surface area contributed by atoms with Crippen LogP contribution in [-0.4, -0.2) is 65.9 Å². The molecule has 0 bridgehead atoms. The van der Waals surface area contributed by atoms with Crippen molar-refractivity contribution in [1.82, 2.24) is 15.0 Å². The third-order valence-electron chi connectivity index (χ3n) is 4.67. The number of likely N-dealkylation sites (tertiary alicyclic amines) is 1. The Hall–Kier alpha value is -1.90. The fraction of sp³-hybridized carbons (Fsp3) is 0.667. The lowest BCUT2D eigenvalue weighted by atomic mass is 9.94. The Kier molecular flexibility index (Phi) is 4.37. The van der Waals surface area contributed by atoms with E-state index in [1.807, 2.05) is 13.0 Å². The van der Waals surface area contributed by atoms with Gasteiger partial charge in [-0.05, 0) is 19.8 Å². The number of rotatable bonds is 2. The highest BCUT2D eigenvalue weighted by Gasteiger charge is 2.43. The molecule has 9 heteroatoms. The van der Waals surface area contributed by atoms with Gasteiger partial charge in [0.1, 0.15) is 17.7 Å². The van der Waals surface area contributed by atoms with Gasteiger partial charge in [0.05, 0.1) is 11.4 Å². The van der Waals surface area contributed by atoms with Crippen molar-refractivity contribution in [3.05, 3.63) is 17.5 Å². The minimum absolute atomic E-state index is 0.214. The first kappa shape index (κ1) is 16.9. The number of sulfone groups is 1. The third-order valence-corrected chi connectivity index (χ3v) is 6.16. The lowest BCUT2D eigenvalue weighted by molar-refractivity contribution is -0.143. The molecule has 3 rings (SSSR count). The second-order valence-electron chi connectivity index (χ2n) is 6.51. The highest BCUT2D eigenvalue weighted by atomic mass is 32.2. The van der Waals surface area contributed by atoms with Crippen molar-refractivity contribution in [2.45, 2.75) is 38.6 Å². The Morgan fingerprint density at radius 2 is 1.96 bits per heavy atom. The average Bonchev–Trinajstić information content (AvgIpc) is 3.10. The molecule has 2 aliphatic rings. The molecule has 1 aromatic heterocycles. The van der Waals surface area contributed by atoms with E-state index in [0.29, 0.717) is 13.1 Å². The van der Waals surface area contributed by atoms with Crippen LogP contribution in [0.5, 0.6) is 0 Å². The molecule has 8 nitrogen and oxygen atoms in total. The number of nitrogens with zero attached hydrogens (tertiary/aromatic N) is 3. The van der Waals surface area contributed by atoms with Gasteiger partial charge in [0.25, 0.3) is 0 Å². The lowest BCUT2D eigenvalue weighted by Gasteiger charge is -2.34. The molecule has 2 saturated heterocycles. The number of aromatic nitrogens is 1. The maximum absolute atomic E-state index is 12.7. The number of hydrogen-bond donors (Lipinski definition) is 0. The highest BCUT2D eigenvalue weighted by molar-refractivity contribution is 7.91. The first-order valence-electron chi connectivity index (χ1n) is 7.96. The fourth-order valence-electron chi connectivity index (χ4n) is 3.37. The summed E-state index contributed by atoms with van der Waals surface area (Å²) in [7, 11) is -3.39. The van der Waals surface area contributed by atoms with E-state index in [2.05, 4.69) is 5.16 Å².